The number of aryl methyl sites for hydroxylation is 1. The Hall–Kier alpha value is -3.79. The Morgan fingerprint density at radius 3 is 2.47 bits per heavy atom. The normalized spacial score (nSPS) is 21.4. The average molecular weight is 498 g/mol. The molecular formula is C26H30FN4O5+. The molecule has 1 aromatic heterocycles. The number of amides is 1. The number of benzene rings is 1. The Bertz CT molecular complexity index is 1210. The molecule has 2 aromatic rings. The number of rotatable bonds is 6. The summed E-state index contributed by atoms with van der Waals surface area (Å²) in [5.74, 6) is -2.19. The monoisotopic (exact) mass is 497 g/mol. The van der Waals surface area contributed by atoms with Crippen LogP contribution in [0.15, 0.2) is 48.4 Å². The Labute approximate surface area is 208 Å². The second-order valence-electron chi connectivity index (χ2n) is 9.35. The van der Waals surface area contributed by atoms with Gasteiger partial charge in [-0.3, -0.25) is 4.79 Å². The number of aromatic amines is 1. The van der Waals surface area contributed by atoms with E-state index in [0.717, 1.165) is 29.8 Å². The van der Waals surface area contributed by atoms with E-state index >= 15 is 4.48 Å². The molecule has 36 heavy (non-hydrogen) atoms. The molecule has 3 N–H and O–H groups in total. The van der Waals surface area contributed by atoms with Gasteiger partial charge < -0.3 is 20.1 Å². The number of para-hydroxylation sites is 1. The Kier molecular flexibility index (Phi) is 7.35. The summed E-state index contributed by atoms with van der Waals surface area (Å²) in [6, 6.07) is 7.55. The van der Waals surface area contributed by atoms with Crippen LogP contribution in [-0.4, -0.2) is 56.0 Å². The van der Waals surface area contributed by atoms with Crippen molar-refractivity contribution in [2.75, 3.05) is 13.1 Å². The van der Waals surface area contributed by atoms with E-state index < -0.39 is 16.6 Å². The molecule has 5 rings (SSSR count). The fourth-order valence-corrected chi connectivity index (χ4v) is 5.29. The maximum absolute atomic E-state index is 16.5. The number of carboxylic acid groups (broad SMARTS) is 2. The van der Waals surface area contributed by atoms with E-state index in [0.29, 0.717) is 61.1 Å². The second kappa shape index (κ2) is 10.4. The first-order valence-electron chi connectivity index (χ1n) is 12.0. The third-order valence-corrected chi connectivity index (χ3v) is 7.02. The first-order chi connectivity index (χ1) is 17.2. The van der Waals surface area contributed by atoms with Gasteiger partial charge in [0.25, 0.3) is 5.91 Å². The molecule has 0 radical (unpaired) electrons. The van der Waals surface area contributed by atoms with Crippen molar-refractivity contribution >= 4 is 29.1 Å². The fraction of sp³-hybridized carbons (Fsp3) is 0.385. The molecule has 3 heterocycles. The second-order valence-corrected chi connectivity index (χ2v) is 9.35. The van der Waals surface area contributed by atoms with Gasteiger partial charge in [-0.1, -0.05) is 29.7 Å². The van der Waals surface area contributed by atoms with Crippen LogP contribution in [0.25, 0.3) is 5.57 Å². The lowest BCUT2D eigenvalue weighted by atomic mass is 10.00. The number of imidazole rings is 1. The van der Waals surface area contributed by atoms with E-state index in [1.807, 2.05) is 36.1 Å². The van der Waals surface area contributed by atoms with Gasteiger partial charge in [0.2, 0.25) is 0 Å². The standard InChI is InChI=1S/C22H26FN4O.C4H4O4/c1-15-18(25-14-24-15)12-26-11-10-20-21(22(26)28)17-8-4-5-9-19(17)27(20,23)13-16-6-2-3-7-16;5-3(6)1-2-4(7)8/h4-5,8-9,14,16H,2-3,6-7,10-13H2,1H3,(H,24,25);1-2H,(H,5,6)(H,7,8)/q+1;/b;2-1-. The van der Waals surface area contributed by atoms with Crippen molar-refractivity contribution in [3.63, 3.8) is 0 Å². The summed E-state index contributed by atoms with van der Waals surface area (Å²) in [6.07, 6.45) is 7.90. The number of carboxylic acids is 2. The van der Waals surface area contributed by atoms with Crippen LogP contribution >= 0.6 is 0 Å². The summed E-state index contributed by atoms with van der Waals surface area (Å²) < 4.78 is 15.9. The van der Waals surface area contributed by atoms with Crippen LogP contribution in [-0.2, 0) is 20.9 Å². The molecule has 0 spiro atoms. The maximum Gasteiger partial charge on any atom is 0.328 e. The summed E-state index contributed by atoms with van der Waals surface area (Å²) >= 11 is 0. The van der Waals surface area contributed by atoms with Crippen LogP contribution in [0.3, 0.4) is 0 Å². The number of carbonyl (C=O) groups excluding carboxylic acids is 1. The van der Waals surface area contributed by atoms with Gasteiger partial charge in [-0.2, -0.15) is 0 Å². The van der Waals surface area contributed by atoms with Crippen molar-refractivity contribution in [1.29, 1.82) is 0 Å². The Balaban J connectivity index is 0.000000331. The molecule has 1 aliphatic carbocycles. The number of carbonyl (C=O) groups is 3. The SMILES string of the molecule is Cc1[nH]cnc1CN1CCC2=C(C1=O)c1ccccc1[N+]2(F)CC1CCCC1.O=C(O)/C=C\C(=O)O. The van der Waals surface area contributed by atoms with Crippen molar-refractivity contribution in [3.8, 4) is 0 Å². The van der Waals surface area contributed by atoms with Gasteiger partial charge in [0, 0.05) is 47.3 Å². The summed E-state index contributed by atoms with van der Waals surface area (Å²) in [6.45, 7) is 3.41. The molecule has 1 unspecified atom stereocenters. The highest BCUT2D eigenvalue weighted by Gasteiger charge is 2.53. The molecule has 0 bridgehead atoms. The number of halogens is 1. The van der Waals surface area contributed by atoms with Gasteiger partial charge in [-0.05, 0) is 25.8 Å². The molecule has 10 heteroatoms. The predicted octanol–water partition coefficient (Wildman–Crippen LogP) is 3.97. The van der Waals surface area contributed by atoms with E-state index in [2.05, 4.69) is 9.97 Å². The molecule has 9 nitrogen and oxygen atoms in total. The Morgan fingerprint density at radius 2 is 1.86 bits per heavy atom. The highest BCUT2D eigenvalue weighted by atomic mass is 19.2. The van der Waals surface area contributed by atoms with Crippen molar-refractivity contribution in [3.05, 3.63) is 65.4 Å². The van der Waals surface area contributed by atoms with Crippen LogP contribution in [0, 0.1) is 12.8 Å². The zero-order valence-electron chi connectivity index (χ0n) is 20.1. The number of aliphatic carboxylic acids is 2. The smallest absolute Gasteiger partial charge is 0.328 e. The lowest BCUT2D eigenvalue weighted by Crippen LogP contribution is -2.45. The van der Waals surface area contributed by atoms with E-state index in [1.165, 1.54) is 12.8 Å². The van der Waals surface area contributed by atoms with E-state index in [4.69, 9.17) is 10.2 Å². The van der Waals surface area contributed by atoms with E-state index in [-0.39, 0.29) is 5.91 Å². The Morgan fingerprint density at radius 1 is 1.19 bits per heavy atom. The molecule has 1 aromatic carbocycles. The molecule has 0 saturated heterocycles. The van der Waals surface area contributed by atoms with Gasteiger partial charge in [0.05, 0.1) is 24.1 Å². The van der Waals surface area contributed by atoms with Crippen LogP contribution in [0.1, 0.15) is 49.1 Å². The zero-order chi connectivity index (χ0) is 25.9. The number of nitrogens with one attached hydrogen (secondary N) is 1. The van der Waals surface area contributed by atoms with Crippen molar-refractivity contribution in [1.82, 2.24) is 19.6 Å². The van der Waals surface area contributed by atoms with Crippen LogP contribution in [0.5, 0.6) is 0 Å². The highest BCUT2D eigenvalue weighted by Crippen LogP contribution is 2.50. The topological polar surface area (TPSA) is 124 Å². The summed E-state index contributed by atoms with van der Waals surface area (Å²) in [7, 11) is 0. The lowest BCUT2D eigenvalue weighted by molar-refractivity contribution is -0.134. The molecular weight excluding hydrogens is 467 g/mol. The predicted molar refractivity (Wildman–Crippen MR) is 131 cm³/mol. The lowest BCUT2D eigenvalue weighted by Gasteiger charge is -2.31. The van der Waals surface area contributed by atoms with E-state index in [9.17, 15) is 14.4 Å². The van der Waals surface area contributed by atoms with Crippen molar-refractivity contribution < 1.29 is 29.1 Å². The number of aromatic nitrogens is 2. The molecule has 190 valence electrons. The number of nitrogens with zero attached hydrogens (tertiary/aromatic N) is 3. The maximum atomic E-state index is 16.5. The van der Waals surface area contributed by atoms with Crippen LogP contribution in [0.2, 0.25) is 0 Å². The quantitative estimate of drug-likeness (QED) is 0.410. The zero-order valence-corrected chi connectivity index (χ0v) is 20.1. The minimum atomic E-state index is -1.26. The average Bonchev–Trinajstić information content (AvgIpc) is 3.55. The molecule has 1 atom stereocenters. The van der Waals surface area contributed by atoms with Gasteiger partial charge >= 0.3 is 11.9 Å². The third-order valence-electron chi connectivity index (χ3n) is 7.02. The van der Waals surface area contributed by atoms with Gasteiger partial charge in [-0.25, -0.2) is 14.6 Å². The molecule has 2 aliphatic heterocycles. The first-order valence-corrected chi connectivity index (χ1v) is 12.0. The summed E-state index contributed by atoms with van der Waals surface area (Å²) in [5, 5.41) is 15.6. The van der Waals surface area contributed by atoms with Crippen molar-refractivity contribution in [2.45, 2.75) is 45.6 Å². The minimum absolute atomic E-state index is 0.0693. The first kappa shape index (κ1) is 25.3. The van der Waals surface area contributed by atoms with Gasteiger partial charge in [0.1, 0.15) is 12.1 Å². The van der Waals surface area contributed by atoms with Crippen LogP contribution < -0.4 is 4.71 Å². The third kappa shape index (κ3) is 5.08. The molecule has 1 amide bonds. The van der Waals surface area contributed by atoms with Gasteiger partial charge in [-0.15, -0.1) is 0 Å². The largest absolute Gasteiger partial charge is 0.478 e. The highest BCUT2D eigenvalue weighted by molar-refractivity contribution is 6.24. The number of fused-ring (bicyclic) bond motifs is 2. The van der Waals surface area contributed by atoms with Crippen molar-refractivity contribution in [2.24, 2.45) is 5.92 Å². The fourth-order valence-electron chi connectivity index (χ4n) is 5.29. The molecule has 1 saturated carbocycles. The van der Waals surface area contributed by atoms with Gasteiger partial charge in [0.15, 0.2) is 11.4 Å². The number of hydrogen-bond acceptors (Lipinski definition) is 4. The summed E-state index contributed by atoms with van der Waals surface area (Å²) in [5.41, 5.74) is 4.49. The minimum Gasteiger partial charge on any atom is -0.478 e. The number of H-pyrrole nitrogens is 1. The van der Waals surface area contributed by atoms with E-state index in [1.54, 1.807) is 6.33 Å². The summed E-state index contributed by atoms with van der Waals surface area (Å²) in [4.78, 5) is 41.7. The molecule has 1 fully saturated rings. The molecule has 3 aliphatic rings. The number of hydrogen-bond donors (Lipinski definition) is 3. The van der Waals surface area contributed by atoms with Crippen LogP contribution in [0.4, 0.5) is 10.2 Å². The number of quaternary nitrogens is 1.